The number of nitrogens with two attached hydrogens (primary N) is 1. The molecule has 1 aromatic carbocycles. The van der Waals surface area contributed by atoms with Gasteiger partial charge in [-0.2, -0.15) is 5.26 Å². The Hall–Kier alpha value is -4.51. The molecule has 2 aliphatic heterocycles. The highest BCUT2D eigenvalue weighted by Crippen LogP contribution is 2.34. The number of fused-ring (bicyclic) bond motifs is 1. The van der Waals surface area contributed by atoms with Crippen LogP contribution in [0, 0.1) is 29.1 Å². The Morgan fingerprint density at radius 2 is 1.97 bits per heavy atom. The predicted molar refractivity (Wildman–Crippen MR) is 136 cm³/mol. The minimum atomic E-state index is -0.976. The SMILES string of the molecule is CC(C)Oc1cc2c(OC3CCCN(C(=O)CC#N)C3)ncc(C#CC3CN(C(=O)O)C3)c2cc1C(N)=O. The van der Waals surface area contributed by atoms with Crippen molar-refractivity contribution < 1.29 is 29.0 Å². The number of hydrogen-bond donors (Lipinski definition) is 2. The minimum absolute atomic E-state index is 0.101. The fourth-order valence-corrected chi connectivity index (χ4v) is 4.48. The van der Waals surface area contributed by atoms with E-state index in [4.69, 9.17) is 25.6 Å². The number of amides is 3. The van der Waals surface area contributed by atoms with Crippen molar-refractivity contribution in [3.05, 3.63) is 29.5 Å². The molecule has 38 heavy (non-hydrogen) atoms. The zero-order valence-corrected chi connectivity index (χ0v) is 21.3. The van der Waals surface area contributed by atoms with E-state index in [2.05, 4.69) is 16.8 Å². The Balaban J connectivity index is 1.71. The van der Waals surface area contributed by atoms with Crippen molar-refractivity contribution in [2.24, 2.45) is 11.7 Å². The molecular formula is C27H29N5O6. The van der Waals surface area contributed by atoms with Crippen LogP contribution in [0.4, 0.5) is 4.79 Å². The molecule has 198 valence electrons. The van der Waals surface area contributed by atoms with Gasteiger partial charge in [0.1, 0.15) is 18.3 Å². The first-order valence-electron chi connectivity index (χ1n) is 12.4. The van der Waals surface area contributed by atoms with Crippen molar-refractivity contribution in [3.63, 3.8) is 0 Å². The fraction of sp³-hybridized carbons (Fsp3) is 0.444. The van der Waals surface area contributed by atoms with Crippen LogP contribution >= 0.6 is 0 Å². The van der Waals surface area contributed by atoms with Crippen molar-refractivity contribution in [3.8, 4) is 29.5 Å². The largest absolute Gasteiger partial charge is 0.490 e. The number of hydrogen-bond acceptors (Lipinski definition) is 7. The second-order valence-electron chi connectivity index (χ2n) is 9.61. The van der Waals surface area contributed by atoms with Gasteiger partial charge in [0, 0.05) is 36.6 Å². The van der Waals surface area contributed by atoms with Gasteiger partial charge in [-0.15, -0.1) is 0 Å². The maximum atomic E-state index is 12.3. The zero-order chi connectivity index (χ0) is 27.4. The number of benzene rings is 1. The third kappa shape index (κ3) is 5.89. The first kappa shape index (κ1) is 26.6. The molecule has 3 N–H and O–H groups in total. The highest BCUT2D eigenvalue weighted by Gasteiger charge is 2.29. The van der Waals surface area contributed by atoms with Crippen molar-refractivity contribution >= 4 is 28.7 Å². The van der Waals surface area contributed by atoms with Crippen LogP contribution < -0.4 is 15.2 Å². The minimum Gasteiger partial charge on any atom is -0.490 e. The van der Waals surface area contributed by atoms with E-state index in [1.54, 1.807) is 23.2 Å². The highest BCUT2D eigenvalue weighted by molar-refractivity contribution is 6.03. The van der Waals surface area contributed by atoms with E-state index >= 15 is 0 Å². The lowest BCUT2D eigenvalue weighted by Gasteiger charge is -2.33. The van der Waals surface area contributed by atoms with Gasteiger partial charge in [0.2, 0.25) is 11.8 Å². The number of ether oxygens (including phenoxy) is 2. The lowest BCUT2D eigenvalue weighted by atomic mass is 9.99. The Morgan fingerprint density at radius 3 is 2.63 bits per heavy atom. The normalized spacial score (nSPS) is 17.3. The summed E-state index contributed by atoms with van der Waals surface area (Å²) < 4.78 is 12.1. The number of likely N-dealkylation sites (tertiary alicyclic amines) is 2. The second kappa shape index (κ2) is 11.3. The van der Waals surface area contributed by atoms with Crippen LogP contribution in [0.15, 0.2) is 18.3 Å². The van der Waals surface area contributed by atoms with E-state index in [0.717, 1.165) is 6.42 Å². The summed E-state index contributed by atoms with van der Waals surface area (Å²) in [4.78, 5) is 43.0. The van der Waals surface area contributed by atoms with Crippen LogP contribution in [-0.2, 0) is 4.79 Å². The molecule has 4 rings (SSSR count). The van der Waals surface area contributed by atoms with Crippen molar-refractivity contribution in [2.75, 3.05) is 26.2 Å². The number of carbonyl (C=O) groups is 3. The van der Waals surface area contributed by atoms with Gasteiger partial charge in [-0.3, -0.25) is 9.59 Å². The molecule has 2 fully saturated rings. The van der Waals surface area contributed by atoms with Crippen LogP contribution in [0.3, 0.4) is 0 Å². The molecule has 1 atom stereocenters. The lowest BCUT2D eigenvalue weighted by Crippen LogP contribution is -2.48. The quantitative estimate of drug-likeness (QED) is 0.550. The third-order valence-corrected chi connectivity index (χ3v) is 6.38. The monoisotopic (exact) mass is 519 g/mol. The molecule has 3 heterocycles. The van der Waals surface area contributed by atoms with Gasteiger partial charge in [0.15, 0.2) is 0 Å². The number of rotatable bonds is 6. The van der Waals surface area contributed by atoms with Crippen LogP contribution in [0.25, 0.3) is 10.8 Å². The molecule has 0 bridgehead atoms. The van der Waals surface area contributed by atoms with Gasteiger partial charge in [-0.05, 0) is 38.8 Å². The van der Waals surface area contributed by atoms with Gasteiger partial charge in [0.25, 0.3) is 5.91 Å². The average Bonchev–Trinajstić information content (AvgIpc) is 2.83. The van der Waals surface area contributed by atoms with Crippen LogP contribution in [0.1, 0.15) is 49.0 Å². The summed E-state index contributed by atoms with van der Waals surface area (Å²) in [5.41, 5.74) is 6.39. The topological polar surface area (TPSA) is 159 Å². The molecule has 2 saturated heterocycles. The third-order valence-electron chi connectivity index (χ3n) is 6.38. The number of carbonyl (C=O) groups excluding carboxylic acids is 2. The summed E-state index contributed by atoms with van der Waals surface area (Å²) in [6, 6.07) is 5.17. The number of pyridine rings is 1. The van der Waals surface area contributed by atoms with E-state index in [1.807, 2.05) is 19.9 Å². The predicted octanol–water partition coefficient (Wildman–Crippen LogP) is 2.37. The fourth-order valence-electron chi connectivity index (χ4n) is 4.48. The van der Waals surface area contributed by atoms with E-state index in [1.165, 1.54) is 4.90 Å². The molecule has 11 heteroatoms. The number of nitrogens with zero attached hydrogens (tertiary/aromatic N) is 4. The first-order valence-corrected chi connectivity index (χ1v) is 12.4. The molecular weight excluding hydrogens is 490 g/mol. The molecule has 0 saturated carbocycles. The molecule has 3 amide bonds. The van der Waals surface area contributed by atoms with E-state index < -0.39 is 12.0 Å². The number of piperidine rings is 1. The first-order chi connectivity index (χ1) is 18.2. The van der Waals surface area contributed by atoms with Crippen LogP contribution in [0.5, 0.6) is 11.6 Å². The van der Waals surface area contributed by atoms with Gasteiger partial charge < -0.3 is 30.1 Å². The molecule has 1 aromatic heterocycles. The molecule has 0 aliphatic carbocycles. The standard InChI is InChI=1S/C27H29N5O6/c1-16(2)37-23-11-21-20(10-22(23)25(29)34)18(6-5-17-13-32(14-17)27(35)36)12-30-26(21)38-19-4-3-9-31(15-19)24(33)7-8-28/h10-12,16-17,19H,3-4,7,9,13-15H2,1-2H3,(H2,29,34)(H,35,36). The van der Waals surface area contributed by atoms with Crippen LogP contribution in [-0.4, -0.2) is 76.2 Å². The van der Waals surface area contributed by atoms with Crippen molar-refractivity contribution in [2.45, 2.75) is 45.3 Å². The summed E-state index contributed by atoms with van der Waals surface area (Å²) in [5, 5.41) is 19.1. The maximum Gasteiger partial charge on any atom is 0.407 e. The average molecular weight is 520 g/mol. The number of nitriles is 1. The number of carboxylic acid groups (broad SMARTS) is 1. The van der Waals surface area contributed by atoms with Gasteiger partial charge in [-0.25, -0.2) is 9.78 Å². The molecule has 2 aromatic rings. The summed E-state index contributed by atoms with van der Waals surface area (Å²) in [7, 11) is 0. The smallest absolute Gasteiger partial charge is 0.407 e. The van der Waals surface area contributed by atoms with Crippen molar-refractivity contribution in [1.29, 1.82) is 5.26 Å². The number of primary amides is 1. The summed E-state index contributed by atoms with van der Waals surface area (Å²) in [6.45, 7) is 5.23. The highest BCUT2D eigenvalue weighted by atomic mass is 16.5. The van der Waals surface area contributed by atoms with E-state index in [9.17, 15) is 14.4 Å². The van der Waals surface area contributed by atoms with Gasteiger partial charge in [-0.1, -0.05) is 11.8 Å². The Labute approximate surface area is 220 Å². The maximum absolute atomic E-state index is 12.3. The number of aromatic nitrogens is 1. The molecule has 0 spiro atoms. The Kier molecular flexibility index (Phi) is 7.87. The van der Waals surface area contributed by atoms with Crippen molar-refractivity contribution in [1.82, 2.24) is 14.8 Å². The second-order valence-corrected chi connectivity index (χ2v) is 9.61. The molecule has 11 nitrogen and oxygen atoms in total. The molecule has 0 radical (unpaired) electrons. The lowest BCUT2D eigenvalue weighted by molar-refractivity contribution is -0.132. The van der Waals surface area contributed by atoms with Gasteiger partial charge in [0.05, 0.1) is 35.8 Å². The Morgan fingerprint density at radius 1 is 1.21 bits per heavy atom. The van der Waals surface area contributed by atoms with E-state index in [-0.39, 0.29) is 36.0 Å². The summed E-state index contributed by atoms with van der Waals surface area (Å²) in [5.74, 6) is 5.76. The van der Waals surface area contributed by atoms with Crippen LogP contribution in [0.2, 0.25) is 0 Å². The zero-order valence-electron chi connectivity index (χ0n) is 21.3. The molecule has 1 unspecified atom stereocenters. The van der Waals surface area contributed by atoms with Gasteiger partial charge >= 0.3 is 6.09 Å². The molecule has 2 aliphatic rings. The Bertz CT molecular complexity index is 1370. The summed E-state index contributed by atoms with van der Waals surface area (Å²) in [6.07, 6.45) is 1.27. The summed E-state index contributed by atoms with van der Waals surface area (Å²) >= 11 is 0. The van der Waals surface area contributed by atoms with E-state index in [0.29, 0.717) is 60.6 Å².